The van der Waals surface area contributed by atoms with Crippen LogP contribution in [0, 0.1) is 12.7 Å². The average molecular weight is 322 g/mol. The fraction of sp³-hybridized carbons (Fsp3) is 0.150. The lowest BCUT2D eigenvalue weighted by Gasteiger charge is -2.19. The number of hydrogen-bond donors (Lipinski definition) is 1. The number of aromatic nitrogens is 1. The van der Waals surface area contributed by atoms with E-state index in [-0.39, 0.29) is 11.7 Å². The molecule has 1 atom stereocenters. The van der Waals surface area contributed by atoms with Gasteiger partial charge in [0.15, 0.2) is 0 Å². The lowest BCUT2D eigenvalue weighted by atomic mass is 10.0. The Kier molecular flexibility index (Phi) is 4.75. The third-order valence-corrected chi connectivity index (χ3v) is 4.00. The summed E-state index contributed by atoms with van der Waals surface area (Å²) >= 11 is 0. The van der Waals surface area contributed by atoms with Gasteiger partial charge in [0, 0.05) is 24.5 Å². The van der Waals surface area contributed by atoms with Gasteiger partial charge in [-0.05, 0) is 42.3 Å². The molecule has 0 fully saturated rings. The summed E-state index contributed by atoms with van der Waals surface area (Å²) in [5, 5.41) is 2.82. The second-order valence-corrected chi connectivity index (χ2v) is 5.79. The highest BCUT2D eigenvalue weighted by molar-refractivity contribution is 5.94. The summed E-state index contributed by atoms with van der Waals surface area (Å²) in [6, 6.07) is 17.9. The third-order valence-electron chi connectivity index (χ3n) is 4.00. The van der Waals surface area contributed by atoms with Crippen molar-refractivity contribution in [3.63, 3.8) is 0 Å². The Bertz CT molecular complexity index is 813. The maximum atomic E-state index is 13.7. The summed E-state index contributed by atoms with van der Waals surface area (Å²) in [6.07, 6.45) is 4.29. The zero-order valence-corrected chi connectivity index (χ0v) is 13.4. The Morgan fingerprint density at radius 2 is 1.79 bits per heavy atom. The van der Waals surface area contributed by atoms with Gasteiger partial charge in [0.25, 0.3) is 0 Å². The van der Waals surface area contributed by atoms with Crippen LogP contribution in [0.15, 0.2) is 73.1 Å². The first-order chi connectivity index (χ1) is 11.6. The van der Waals surface area contributed by atoms with Gasteiger partial charge in [-0.2, -0.15) is 0 Å². The lowest BCUT2D eigenvalue weighted by Crippen LogP contribution is -2.27. The van der Waals surface area contributed by atoms with Crippen molar-refractivity contribution < 1.29 is 9.18 Å². The van der Waals surface area contributed by atoms with E-state index in [1.165, 1.54) is 6.07 Å². The van der Waals surface area contributed by atoms with Crippen LogP contribution in [0.4, 0.5) is 10.1 Å². The van der Waals surface area contributed by atoms with E-state index >= 15 is 0 Å². The van der Waals surface area contributed by atoms with Crippen molar-refractivity contribution in [2.24, 2.45) is 0 Å². The number of halogens is 1. The van der Waals surface area contributed by atoms with E-state index in [0.717, 1.165) is 5.56 Å². The number of amides is 1. The molecule has 3 aromatic rings. The van der Waals surface area contributed by atoms with Crippen molar-refractivity contribution in [1.29, 1.82) is 0 Å². The first-order valence-electron chi connectivity index (χ1n) is 7.87. The molecule has 3 rings (SSSR count). The summed E-state index contributed by atoms with van der Waals surface area (Å²) in [7, 11) is 0. The molecule has 0 aliphatic heterocycles. The van der Waals surface area contributed by atoms with Gasteiger partial charge in [0.2, 0.25) is 5.91 Å². The van der Waals surface area contributed by atoms with Gasteiger partial charge in [-0.1, -0.05) is 36.4 Å². The van der Waals surface area contributed by atoms with E-state index < -0.39 is 6.04 Å². The topological polar surface area (TPSA) is 34.0 Å². The zero-order chi connectivity index (χ0) is 16.9. The molecule has 0 aliphatic carbocycles. The van der Waals surface area contributed by atoms with Crippen molar-refractivity contribution in [2.75, 3.05) is 5.32 Å². The Morgan fingerprint density at radius 3 is 2.46 bits per heavy atom. The van der Waals surface area contributed by atoms with Crippen molar-refractivity contribution in [3.05, 3.63) is 90.0 Å². The fourth-order valence-corrected chi connectivity index (χ4v) is 2.62. The molecule has 1 unspecified atom stereocenters. The van der Waals surface area contributed by atoms with Crippen molar-refractivity contribution >= 4 is 11.6 Å². The SMILES string of the molecule is Cc1ccc(NC(=O)C(Cc2ccccc2)n2cccc2)cc1F. The highest BCUT2D eigenvalue weighted by Gasteiger charge is 2.20. The Morgan fingerprint density at radius 1 is 1.08 bits per heavy atom. The predicted molar refractivity (Wildman–Crippen MR) is 93.4 cm³/mol. The number of hydrogen-bond acceptors (Lipinski definition) is 1. The van der Waals surface area contributed by atoms with E-state index in [1.807, 2.05) is 59.4 Å². The number of nitrogens with one attached hydrogen (secondary N) is 1. The molecular weight excluding hydrogens is 303 g/mol. The van der Waals surface area contributed by atoms with Crippen molar-refractivity contribution in [2.45, 2.75) is 19.4 Å². The fourth-order valence-electron chi connectivity index (χ4n) is 2.62. The van der Waals surface area contributed by atoms with Crippen molar-refractivity contribution in [3.8, 4) is 0 Å². The Balaban J connectivity index is 1.82. The van der Waals surface area contributed by atoms with E-state index in [2.05, 4.69) is 5.32 Å². The molecule has 0 saturated heterocycles. The second-order valence-electron chi connectivity index (χ2n) is 5.79. The molecular formula is C20H19FN2O. The standard InChI is InChI=1S/C20H19FN2O/c1-15-9-10-17(14-18(15)21)22-20(24)19(23-11-5-6-12-23)13-16-7-3-2-4-8-16/h2-12,14,19H,13H2,1H3,(H,22,24). The third kappa shape index (κ3) is 3.71. The molecule has 0 aliphatic rings. The molecule has 0 spiro atoms. The van der Waals surface area contributed by atoms with E-state index in [9.17, 15) is 9.18 Å². The lowest BCUT2D eigenvalue weighted by molar-refractivity contribution is -0.119. The number of carbonyl (C=O) groups excluding carboxylic acids is 1. The van der Waals surface area contributed by atoms with E-state index in [1.54, 1.807) is 19.1 Å². The van der Waals surface area contributed by atoms with Crippen LogP contribution in [0.5, 0.6) is 0 Å². The van der Waals surface area contributed by atoms with E-state index in [0.29, 0.717) is 17.7 Å². The summed E-state index contributed by atoms with van der Waals surface area (Å²) < 4.78 is 15.6. The van der Waals surface area contributed by atoms with Crippen LogP contribution >= 0.6 is 0 Å². The highest BCUT2D eigenvalue weighted by atomic mass is 19.1. The zero-order valence-electron chi connectivity index (χ0n) is 13.4. The summed E-state index contributed by atoms with van der Waals surface area (Å²) in [5.41, 5.74) is 2.09. The minimum atomic E-state index is -0.397. The molecule has 122 valence electrons. The molecule has 0 saturated carbocycles. The molecule has 1 N–H and O–H groups in total. The van der Waals surface area contributed by atoms with Gasteiger partial charge in [-0.3, -0.25) is 4.79 Å². The molecule has 2 aromatic carbocycles. The maximum Gasteiger partial charge on any atom is 0.247 e. The Hall–Kier alpha value is -2.88. The second kappa shape index (κ2) is 7.13. The van der Waals surface area contributed by atoms with Crippen LogP contribution in [-0.2, 0) is 11.2 Å². The molecule has 3 nitrogen and oxygen atoms in total. The van der Waals surface area contributed by atoms with Gasteiger partial charge in [0.1, 0.15) is 11.9 Å². The quantitative estimate of drug-likeness (QED) is 0.744. The summed E-state index contributed by atoms with van der Waals surface area (Å²) in [5.74, 6) is -0.494. The maximum absolute atomic E-state index is 13.7. The number of benzene rings is 2. The van der Waals surface area contributed by atoms with Crippen molar-refractivity contribution in [1.82, 2.24) is 4.57 Å². The van der Waals surface area contributed by atoms with Gasteiger partial charge in [0.05, 0.1) is 0 Å². The van der Waals surface area contributed by atoms with Gasteiger partial charge in [-0.25, -0.2) is 4.39 Å². The van der Waals surface area contributed by atoms with E-state index in [4.69, 9.17) is 0 Å². The minimum absolute atomic E-state index is 0.168. The van der Waals surface area contributed by atoms with Gasteiger partial charge >= 0.3 is 0 Å². The largest absolute Gasteiger partial charge is 0.342 e. The van der Waals surface area contributed by atoms with Crippen LogP contribution in [-0.4, -0.2) is 10.5 Å². The molecule has 0 bridgehead atoms. The number of anilines is 1. The summed E-state index contributed by atoms with van der Waals surface area (Å²) in [6.45, 7) is 1.69. The average Bonchev–Trinajstić information content (AvgIpc) is 3.11. The molecule has 24 heavy (non-hydrogen) atoms. The van der Waals surface area contributed by atoms with Crippen LogP contribution in [0.25, 0.3) is 0 Å². The molecule has 1 aromatic heterocycles. The Labute approximate surface area is 140 Å². The number of nitrogens with zero attached hydrogens (tertiary/aromatic N) is 1. The molecule has 1 heterocycles. The minimum Gasteiger partial charge on any atom is -0.342 e. The number of aryl methyl sites for hydroxylation is 1. The normalized spacial score (nSPS) is 11.9. The first-order valence-corrected chi connectivity index (χ1v) is 7.87. The molecule has 1 amide bonds. The summed E-state index contributed by atoms with van der Waals surface area (Å²) in [4.78, 5) is 12.8. The predicted octanol–water partition coefficient (Wildman–Crippen LogP) is 4.36. The van der Waals surface area contributed by atoms with Gasteiger partial charge in [-0.15, -0.1) is 0 Å². The molecule has 0 radical (unpaired) electrons. The smallest absolute Gasteiger partial charge is 0.247 e. The first kappa shape index (κ1) is 16.0. The van der Waals surface area contributed by atoms with Crippen LogP contribution in [0.3, 0.4) is 0 Å². The van der Waals surface area contributed by atoms with Crippen LogP contribution in [0.2, 0.25) is 0 Å². The van der Waals surface area contributed by atoms with Crippen LogP contribution < -0.4 is 5.32 Å². The van der Waals surface area contributed by atoms with Crippen LogP contribution in [0.1, 0.15) is 17.2 Å². The number of rotatable bonds is 5. The van der Waals surface area contributed by atoms with Gasteiger partial charge < -0.3 is 9.88 Å². The molecule has 4 heteroatoms. The highest BCUT2D eigenvalue weighted by Crippen LogP contribution is 2.19. The number of carbonyl (C=O) groups is 1. The monoisotopic (exact) mass is 322 g/mol.